The minimum atomic E-state index is -0.207. The van der Waals surface area contributed by atoms with Gasteiger partial charge in [0.05, 0.1) is 5.52 Å². The summed E-state index contributed by atoms with van der Waals surface area (Å²) in [7, 11) is 0. The maximum atomic E-state index is 12.0. The smallest absolute Gasteiger partial charge is 0.292 e. The molecule has 0 unspecified atom stereocenters. The van der Waals surface area contributed by atoms with Gasteiger partial charge in [-0.2, -0.15) is 0 Å². The Hall–Kier alpha value is -2.24. The average molecular weight is 215 g/mol. The first-order valence-electron chi connectivity index (χ1n) is 5.02. The second kappa shape index (κ2) is 3.13. The maximum Gasteiger partial charge on any atom is 0.352 e. The van der Waals surface area contributed by atoms with E-state index in [1.165, 1.54) is 4.52 Å². The van der Waals surface area contributed by atoms with Crippen molar-refractivity contribution in [2.45, 2.75) is 13.5 Å². The van der Waals surface area contributed by atoms with Crippen LogP contribution in [0.5, 0.6) is 0 Å². The summed E-state index contributed by atoms with van der Waals surface area (Å²) in [4.78, 5) is 12.0. The monoisotopic (exact) mass is 215 g/mol. The van der Waals surface area contributed by atoms with Crippen molar-refractivity contribution in [3.05, 3.63) is 34.7 Å². The summed E-state index contributed by atoms with van der Waals surface area (Å²) in [6.45, 7) is 2.51. The third-order valence-electron chi connectivity index (χ3n) is 2.63. The standard InChI is InChI=1S/C10H9N5O/c1-2-14-8-6-4-3-5-7(8)9-11-12-13-15(9)10(14)16/h3-6H,2H2,1H3. The molecule has 0 aliphatic rings. The second-order valence-electron chi connectivity index (χ2n) is 3.46. The van der Waals surface area contributed by atoms with Crippen LogP contribution in [0.1, 0.15) is 6.92 Å². The van der Waals surface area contributed by atoms with E-state index in [1.54, 1.807) is 4.57 Å². The summed E-state index contributed by atoms with van der Waals surface area (Å²) in [5.41, 5.74) is 1.16. The Bertz CT molecular complexity index is 727. The summed E-state index contributed by atoms with van der Waals surface area (Å²) in [5.74, 6) is 0. The van der Waals surface area contributed by atoms with Crippen molar-refractivity contribution >= 4 is 16.6 Å². The fourth-order valence-corrected chi connectivity index (χ4v) is 1.90. The first-order chi connectivity index (χ1) is 7.83. The van der Waals surface area contributed by atoms with Gasteiger partial charge in [0.25, 0.3) is 0 Å². The van der Waals surface area contributed by atoms with Gasteiger partial charge in [-0.1, -0.05) is 12.1 Å². The number of nitrogens with zero attached hydrogens (tertiary/aromatic N) is 5. The predicted molar refractivity (Wildman–Crippen MR) is 58.2 cm³/mol. The Morgan fingerprint density at radius 1 is 1.31 bits per heavy atom. The van der Waals surface area contributed by atoms with Gasteiger partial charge in [0.15, 0.2) is 5.65 Å². The van der Waals surface area contributed by atoms with Gasteiger partial charge in [0.2, 0.25) is 0 Å². The minimum Gasteiger partial charge on any atom is -0.292 e. The van der Waals surface area contributed by atoms with Crippen molar-refractivity contribution in [2.24, 2.45) is 0 Å². The van der Waals surface area contributed by atoms with Crippen LogP contribution in [-0.2, 0) is 6.54 Å². The highest BCUT2D eigenvalue weighted by Gasteiger charge is 2.10. The zero-order valence-corrected chi connectivity index (χ0v) is 8.66. The van der Waals surface area contributed by atoms with Crippen molar-refractivity contribution in [1.29, 1.82) is 0 Å². The lowest BCUT2D eigenvalue weighted by molar-refractivity contribution is 0.676. The van der Waals surface area contributed by atoms with Crippen LogP contribution in [0.3, 0.4) is 0 Å². The molecule has 0 radical (unpaired) electrons. The fraction of sp³-hybridized carbons (Fsp3) is 0.200. The molecule has 0 N–H and O–H groups in total. The lowest BCUT2D eigenvalue weighted by Gasteiger charge is -2.07. The molecule has 0 aliphatic carbocycles. The van der Waals surface area contributed by atoms with Crippen LogP contribution in [0, 0.1) is 0 Å². The predicted octanol–water partition coefficient (Wildman–Crippen LogP) is 0.459. The molecular formula is C10H9N5O. The number of hydrogen-bond donors (Lipinski definition) is 0. The van der Waals surface area contributed by atoms with E-state index in [-0.39, 0.29) is 5.69 Å². The van der Waals surface area contributed by atoms with Crippen LogP contribution in [0.25, 0.3) is 16.6 Å². The molecule has 0 fully saturated rings. The number of aromatic nitrogens is 5. The molecule has 0 bridgehead atoms. The molecule has 16 heavy (non-hydrogen) atoms. The van der Waals surface area contributed by atoms with Crippen molar-refractivity contribution < 1.29 is 0 Å². The lowest BCUT2D eigenvalue weighted by Crippen LogP contribution is -2.27. The number of benzene rings is 1. The molecule has 3 aromatic rings. The topological polar surface area (TPSA) is 65.1 Å². The fourth-order valence-electron chi connectivity index (χ4n) is 1.90. The molecule has 0 aliphatic heterocycles. The molecule has 3 rings (SSSR count). The average Bonchev–Trinajstić information content (AvgIpc) is 2.79. The van der Waals surface area contributed by atoms with E-state index < -0.39 is 0 Å². The van der Waals surface area contributed by atoms with E-state index in [4.69, 9.17) is 0 Å². The van der Waals surface area contributed by atoms with E-state index in [9.17, 15) is 4.79 Å². The molecule has 80 valence electrons. The summed E-state index contributed by atoms with van der Waals surface area (Å²) in [6.07, 6.45) is 0. The number of hydrogen-bond acceptors (Lipinski definition) is 4. The highest BCUT2D eigenvalue weighted by atomic mass is 16.2. The normalized spacial score (nSPS) is 11.3. The molecule has 0 saturated heterocycles. The molecule has 0 saturated carbocycles. The maximum absolute atomic E-state index is 12.0. The first-order valence-corrected chi connectivity index (χ1v) is 5.02. The third kappa shape index (κ3) is 1.01. The molecule has 0 spiro atoms. The Morgan fingerprint density at radius 3 is 2.94 bits per heavy atom. The van der Waals surface area contributed by atoms with Gasteiger partial charge in [-0.3, -0.25) is 4.57 Å². The van der Waals surface area contributed by atoms with Gasteiger partial charge < -0.3 is 0 Å². The van der Waals surface area contributed by atoms with Crippen LogP contribution in [0.2, 0.25) is 0 Å². The quantitative estimate of drug-likeness (QED) is 0.591. The Morgan fingerprint density at radius 2 is 2.12 bits per heavy atom. The summed E-state index contributed by atoms with van der Waals surface area (Å²) in [5, 5.41) is 12.0. The first kappa shape index (κ1) is 9.02. The number of para-hydroxylation sites is 1. The van der Waals surface area contributed by atoms with Crippen molar-refractivity contribution in [3.63, 3.8) is 0 Å². The molecule has 2 heterocycles. The third-order valence-corrected chi connectivity index (χ3v) is 2.63. The molecule has 2 aromatic heterocycles. The zero-order chi connectivity index (χ0) is 11.1. The van der Waals surface area contributed by atoms with Crippen LogP contribution in [0.15, 0.2) is 29.1 Å². The molecule has 0 amide bonds. The number of aryl methyl sites for hydroxylation is 1. The highest BCUT2D eigenvalue weighted by molar-refractivity contribution is 5.90. The van der Waals surface area contributed by atoms with Crippen LogP contribution >= 0.6 is 0 Å². The SMILES string of the molecule is CCn1c(=O)n2nnnc2c2ccccc21. The van der Waals surface area contributed by atoms with E-state index in [1.807, 2.05) is 31.2 Å². The van der Waals surface area contributed by atoms with Gasteiger partial charge >= 0.3 is 5.69 Å². The Kier molecular flexibility index (Phi) is 1.76. The van der Waals surface area contributed by atoms with Crippen molar-refractivity contribution in [3.8, 4) is 0 Å². The minimum absolute atomic E-state index is 0.207. The van der Waals surface area contributed by atoms with Crippen molar-refractivity contribution in [2.75, 3.05) is 0 Å². The van der Waals surface area contributed by atoms with E-state index in [0.29, 0.717) is 12.2 Å². The summed E-state index contributed by atoms with van der Waals surface area (Å²) < 4.78 is 2.88. The lowest BCUT2D eigenvalue weighted by atomic mass is 10.2. The van der Waals surface area contributed by atoms with Crippen molar-refractivity contribution in [1.82, 2.24) is 24.6 Å². The van der Waals surface area contributed by atoms with Crippen LogP contribution in [0.4, 0.5) is 0 Å². The van der Waals surface area contributed by atoms with Crippen LogP contribution < -0.4 is 5.69 Å². The molecule has 0 atom stereocenters. The molecular weight excluding hydrogens is 206 g/mol. The zero-order valence-electron chi connectivity index (χ0n) is 8.66. The van der Waals surface area contributed by atoms with Gasteiger partial charge in [0, 0.05) is 11.9 Å². The highest BCUT2D eigenvalue weighted by Crippen LogP contribution is 2.14. The van der Waals surface area contributed by atoms with Gasteiger partial charge in [-0.05, 0) is 29.5 Å². The van der Waals surface area contributed by atoms with E-state index in [0.717, 1.165) is 10.9 Å². The van der Waals surface area contributed by atoms with E-state index >= 15 is 0 Å². The summed E-state index contributed by atoms with van der Waals surface area (Å²) >= 11 is 0. The van der Waals surface area contributed by atoms with Crippen LogP contribution in [-0.4, -0.2) is 24.6 Å². The Balaban J connectivity index is 2.70. The second-order valence-corrected chi connectivity index (χ2v) is 3.46. The van der Waals surface area contributed by atoms with Gasteiger partial charge in [-0.15, -0.1) is 9.61 Å². The molecule has 6 heteroatoms. The molecule has 1 aromatic carbocycles. The Labute approximate surface area is 90.1 Å². The van der Waals surface area contributed by atoms with E-state index in [2.05, 4.69) is 15.5 Å². The van der Waals surface area contributed by atoms with Gasteiger partial charge in [0.1, 0.15) is 0 Å². The number of tetrazole rings is 1. The van der Waals surface area contributed by atoms with Gasteiger partial charge in [-0.25, -0.2) is 4.79 Å². The molecule has 6 nitrogen and oxygen atoms in total. The number of fused-ring (bicyclic) bond motifs is 3. The largest absolute Gasteiger partial charge is 0.352 e. The summed E-state index contributed by atoms with van der Waals surface area (Å²) in [6, 6.07) is 7.61. The number of rotatable bonds is 1.